The molecular weight excluding hydrogens is 349 g/mol. The Balaban J connectivity index is 1.61. The highest BCUT2D eigenvalue weighted by Crippen LogP contribution is 2.27. The molecule has 1 amide bonds. The SMILES string of the molecule is O=C(c1ccc(OC(F)(F)F)cc1)N1CCN(c2ccccc2O)CC1. The molecule has 5 nitrogen and oxygen atoms in total. The average molecular weight is 366 g/mol. The fourth-order valence-electron chi connectivity index (χ4n) is 2.86. The second-order valence-corrected chi connectivity index (χ2v) is 5.84. The van der Waals surface area contributed by atoms with Crippen molar-refractivity contribution in [3.05, 3.63) is 54.1 Å². The normalized spacial score (nSPS) is 15.0. The van der Waals surface area contributed by atoms with Gasteiger partial charge in [0, 0.05) is 31.7 Å². The lowest BCUT2D eigenvalue weighted by molar-refractivity contribution is -0.274. The number of carbonyl (C=O) groups excluding carboxylic acids is 1. The van der Waals surface area contributed by atoms with Gasteiger partial charge in [0.25, 0.3) is 5.91 Å². The summed E-state index contributed by atoms with van der Waals surface area (Å²) in [5, 5.41) is 9.91. The highest BCUT2D eigenvalue weighted by Gasteiger charge is 2.31. The Kier molecular flexibility index (Phi) is 4.92. The van der Waals surface area contributed by atoms with E-state index in [2.05, 4.69) is 4.74 Å². The van der Waals surface area contributed by atoms with Gasteiger partial charge in [-0.2, -0.15) is 0 Å². The Bertz CT molecular complexity index is 770. The number of rotatable bonds is 3. The summed E-state index contributed by atoms with van der Waals surface area (Å²) in [6.45, 7) is 2.01. The summed E-state index contributed by atoms with van der Waals surface area (Å²) in [4.78, 5) is 16.1. The van der Waals surface area contributed by atoms with Gasteiger partial charge in [0.15, 0.2) is 0 Å². The van der Waals surface area contributed by atoms with E-state index in [1.807, 2.05) is 17.0 Å². The molecule has 0 saturated carbocycles. The van der Waals surface area contributed by atoms with Gasteiger partial charge in [-0.25, -0.2) is 0 Å². The van der Waals surface area contributed by atoms with Crippen LogP contribution in [0.5, 0.6) is 11.5 Å². The molecule has 0 unspecified atom stereocenters. The number of aromatic hydroxyl groups is 1. The fourth-order valence-corrected chi connectivity index (χ4v) is 2.86. The van der Waals surface area contributed by atoms with E-state index in [-0.39, 0.29) is 17.4 Å². The van der Waals surface area contributed by atoms with Crippen molar-refractivity contribution >= 4 is 11.6 Å². The van der Waals surface area contributed by atoms with Crippen molar-refractivity contribution in [2.45, 2.75) is 6.36 Å². The molecule has 1 fully saturated rings. The predicted molar refractivity (Wildman–Crippen MR) is 89.3 cm³/mol. The number of hydrogen-bond acceptors (Lipinski definition) is 4. The summed E-state index contributed by atoms with van der Waals surface area (Å²) < 4.78 is 40.3. The highest BCUT2D eigenvalue weighted by molar-refractivity contribution is 5.94. The van der Waals surface area contributed by atoms with Gasteiger partial charge in [-0.1, -0.05) is 12.1 Å². The fraction of sp³-hybridized carbons (Fsp3) is 0.278. The standard InChI is InChI=1S/C18H17F3N2O3/c19-18(20,21)26-14-7-5-13(6-8-14)17(25)23-11-9-22(10-12-23)15-3-1-2-4-16(15)24/h1-8,24H,9-12H2. The van der Waals surface area contributed by atoms with Gasteiger partial charge in [-0.15, -0.1) is 13.2 Å². The average Bonchev–Trinajstić information content (AvgIpc) is 2.61. The van der Waals surface area contributed by atoms with Gasteiger partial charge in [0.1, 0.15) is 11.5 Å². The largest absolute Gasteiger partial charge is 0.573 e. The summed E-state index contributed by atoms with van der Waals surface area (Å²) in [7, 11) is 0. The molecule has 1 saturated heterocycles. The van der Waals surface area contributed by atoms with Crippen LogP contribution in [0.1, 0.15) is 10.4 Å². The summed E-state index contributed by atoms with van der Waals surface area (Å²) in [5.74, 6) is -0.425. The molecule has 138 valence electrons. The van der Waals surface area contributed by atoms with E-state index in [0.717, 1.165) is 12.1 Å². The maximum atomic E-state index is 12.5. The molecule has 26 heavy (non-hydrogen) atoms. The molecule has 8 heteroatoms. The molecule has 3 rings (SSSR count). The van der Waals surface area contributed by atoms with Gasteiger partial charge in [0.2, 0.25) is 0 Å². The van der Waals surface area contributed by atoms with Gasteiger partial charge >= 0.3 is 6.36 Å². The first kappa shape index (κ1) is 17.9. The molecule has 1 N–H and O–H groups in total. The third-order valence-corrected chi connectivity index (χ3v) is 4.12. The Labute approximate surface area is 148 Å². The van der Waals surface area contributed by atoms with Crippen molar-refractivity contribution in [1.29, 1.82) is 0 Å². The molecule has 0 aromatic heterocycles. The van der Waals surface area contributed by atoms with Crippen LogP contribution < -0.4 is 9.64 Å². The number of carbonyl (C=O) groups is 1. The minimum Gasteiger partial charge on any atom is -0.506 e. The molecule has 2 aromatic rings. The van der Waals surface area contributed by atoms with Crippen molar-refractivity contribution < 1.29 is 27.8 Å². The third-order valence-electron chi connectivity index (χ3n) is 4.12. The number of para-hydroxylation sites is 2. The topological polar surface area (TPSA) is 53.0 Å². The van der Waals surface area contributed by atoms with Gasteiger partial charge in [0.05, 0.1) is 5.69 Å². The van der Waals surface area contributed by atoms with E-state index in [1.54, 1.807) is 17.0 Å². The smallest absolute Gasteiger partial charge is 0.506 e. The maximum absolute atomic E-state index is 12.5. The minimum atomic E-state index is -4.76. The van der Waals surface area contributed by atoms with Crippen LogP contribution in [0.25, 0.3) is 0 Å². The maximum Gasteiger partial charge on any atom is 0.573 e. The molecule has 1 heterocycles. The number of phenols is 1. The zero-order chi connectivity index (χ0) is 18.7. The van der Waals surface area contributed by atoms with E-state index < -0.39 is 6.36 Å². The Morgan fingerprint density at radius 2 is 1.58 bits per heavy atom. The summed E-state index contributed by atoms with van der Waals surface area (Å²) >= 11 is 0. The number of phenolic OH excluding ortho intramolecular Hbond substituents is 1. The number of piperazine rings is 1. The molecule has 1 aliphatic heterocycles. The van der Waals surface area contributed by atoms with Crippen molar-refractivity contribution in [3.8, 4) is 11.5 Å². The summed E-state index contributed by atoms with van der Waals surface area (Å²) in [5.41, 5.74) is 1.02. The quantitative estimate of drug-likeness (QED) is 0.906. The molecule has 0 bridgehead atoms. The lowest BCUT2D eigenvalue weighted by Crippen LogP contribution is -2.48. The number of hydrogen-bond donors (Lipinski definition) is 1. The zero-order valence-electron chi connectivity index (χ0n) is 13.7. The van der Waals surface area contributed by atoms with Crippen LogP contribution >= 0.6 is 0 Å². The number of benzene rings is 2. The number of amides is 1. The molecule has 1 aliphatic rings. The predicted octanol–water partition coefficient (Wildman–Crippen LogP) is 3.25. The molecule has 2 aromatic carbocycles. The van der Waals surface area contributed by atoms with Gasteiger partial charge in [-0.05, 0) is 36.4 Å². The van der Waals surface area contributed by atoms with Crippen LogP contribution in [0, 0.1) is 0 Å². The monoisotopic (exact) mass is 366 g/mol. The van der Waals surface area contributed by atoms with Crippen molar-refractivity contribution in [2.24, 2.45) is 0 Å². The van der Waals surface area contributed by atoms with E-state index in [9.17, 15) is 23.1 Å². The van der Waals surface area contributed by atoms with Gasteiger partial charge < -0.3 is 19.6 Å². The van der Waals surface area contributed by atoms with Crippen LogP contribution in [0.3, 0.4) is 0 Å². The van der Waals surface area contributed by atoms with Crippen LogP contribution in [-0.4, -0.2) is 48.5 Å². The van der Waals surface area contributed by atoms with Crippen LogP contribution in [0.4, 0.5) is 18.9 Å². The Hall–Kier alpha value is -2.90. The van der Waals surface area contributed by atoms with Gasteiger partial charge in [-0.3, -0.25) is 4.79 Å². The second kappa shape index (κ2) is 7.15. The van der Waals surface area contributed by atoms with E-state index >= 15 is 0 Å². The number of nitrogens with zero attached hydrogens (tertiary/aromatic N) is 2. The Morgan fingerprint density at radius 1 is 0.962 bits per heavy atom. The molecule has 0 aliphatic carbocycles. The number of halogens is 3. The number of ether oxygens (including phenoxy) is 1. The summed E-state index contributed by atoms with van der Waals surface area (Å²) in [6.07, 6.45) is -4.76. The second-order valence-electron chi connectivity index (χ2n) is 5.84. The summed E-state index contributed by atoms with van der Waals surface area (Å²) in [6, 6.07) is 11.9. The van der Waals surface area contributed by atoms with E-state index in [1.165, 1.54) is 12.1 Å². The Morgan fingerprint density at radius 3 is 2.15 bits per heavy atom. The first-order valence-corrected chi connectivity index (χ1v) is 8.01. The van der Waals surface area contributed by atoms with E-state index in [4.69, 9.17) is 0 Å². The van der Waals surface area contributed by atoms with E-state index in [0.29, 0.717) is 37.4 Å². The minimum absolute atomic E-state index is 0.188. The van der Waals surface area contributed by atoms with Crippen LogP contribution in [0.2, 0.25) is 0 Å². The lowest BCUT2D eigenvalue weighted by atomic mass is 10.1. The third kappa shape index (κ3) is 4.19. The first-order valence-electron chi connectivity index (χ1n) is 8.01. The van der Waals surface area contributed by atoms with Crippen LogP contribution in [-0.2, 0) is 0 Å². The number of alkyl halides is 3. The zero-order valence-corrected chi connectivity index (χ0v) is 13.7. The van der Waals surface area contributed by atoms with Crippen molar-refractivity contribution in [1.82, 2.24) is 4.90 Å². The molecular formula is C18H17F3N2O3. The highest BCUT2D eigenvalue weighted by atomic mass is 19.4. The van der Waals surface area contributed by atoms with Crippen molar-refractivity contribution in [3.63, 3.8) is 0 Å². The first-order chi connectivity index (χ1) is 12.3. The van der Waals surface area contributed by atoms with Crippen LogP contribution in [0.15, 0.2) is 48.5 Å². The lowest BCUT2D eigenvalue weighted by Gasteiger charge is -2.36. The molecule has 0 atom stereocenters. The van der Waals surface area contributed by atoms with Crippen molar-refractivity contribution in [2.75, 3.05) is 31.1 Å². The molecule has 0 spiro atoms. The molecule has 0 radical (unpaired) electrons. The number of anilines is 1.